The lowest BCUT2D eigenvalue weighted by molar-refractivity contribution is 0.465. The van der Waals surface area contributed by atoms with E-state index in [9.17, 15) is 0 Å². The van der Waals surface area contributed by atoms with E-state index in [2.05, 4.69) is 34.0 Å². The zero-order chi connectivity index (χ0) is 15.8. The average molecular weight is 340 g/mol. The number of fused-ring (bicyclic) bond motifs is 1. The molecule has 0 radical (unpaired) electrons. The zero-order valence-electron chi connectivity index (χ0n) is 12.5. The summed E-state index contributed by atoms with van der Waals surface area (Å²) in [5.41, 5.74) is 2.11. The van der Waals surface area contributed by atoms with E-state index in [0.29, 0.717) is 11.1 Å². The molecule has 0 aliphatic heterocycles. The molecule has 0 saturated carbocycles. The molecule has 0 aliphatic carbocycles. The van der Waals surface area contributed by atoms with Crippen molar-refractivity contribution in [2.24, 2.45) is 0 Å². The van der Waals surface area contributed by atoms with Crippen molar-refractivity contribution in [1.29, 1.82) is 0 Å². The smallest absolute Gasteiger partial charge is 0.283 e. The number of aryl methyl sites for hydroxylation is 2. The fourth-order valence-electron chi connectivity index (χ4n) is 2.26. The summed E-state index contributed by atoms with van der Waals surface area (Å²) in [4.78, 5) is 11.0. The molecule has 5 nitrogen and oxygen atoms in total. The SMILES string of the molecule is Cc1sc2ncnc(Sc3nnc(-c4ccccc4)o3)c2c1C. The Morgan fingerprint density at radius 2 is 1.87 bits per heavy atom. The molecule has 4 rings (SSSR count). The maximum Gasteiger partial charge on any atom is 0.283 e. The van der Waals surface area contributed by atoms with E-state index in [1.165, 1.54) is 22.2 Å². The molecule has 0 bridgehead atoms. The molecule has 23 heavy (non-hydrogen) atoms. The summed E-state index contributed by atoms with van der Waals surface area (Å²) < 4.78 is 5.75. The van der Waals surface area contributed by atoms with Gasteiger partial charge in [-0.15, -0.1) is 21.5 Å². The maximum absolute atomic E-state index is 5.75. The predicted octanol–water partition coefficient (Wildman–Crippen LogP) is 4.51. The minimum atomic E-state index is 0.479. The highest BCUT2D eigenvalue weighted by Crippen LogP contribution is 2.37. The van der Waals surface area contributed by atoms with E-state index in [0.717, 1.165) is 20.8 Å². The number of hydrogen-bond donors (Lipinski definition) is 0. The third-order valence-electron chi connectivity index (χ3n) is 3.54. The van der Waals surface area contributed by atoms with Crippen LogP contribution in [0.15, 0.2) is 51.3 Å². The van der Waals surface area contributed by atoms with Crippen molar-refractivity contribution in [2.75, 3.05) is 0 Å². The van der Waals surface area contributed by atoms with Crippen LogP contribution in [0.3, 0.4) is 0 Å². The highest BCUT2D eigenvalue weighted by Gasteiger charge is 2.16. The molecule has 0 amide bonds. The molecule has 3 heterocycles. The minimum absolute atomic E-state index is 0.479. The minimum Gasteiger partial charge on any atom is -0.411 e. The molecule has 0 saturated heterocycles. The Morgan fingerprint density at radius 1 is 1.04 bits per heavy atom. The van der Waals surface area contributed by atoms with Crippen LogP contribution in [0.2, 0.25) is 0 Å². The van der Waals surface area contributed by atoms with Crippen LogP contribution < -0.4 is 0 Å². The summed E-state index contributed by atoms with van der Waals surface area (Å²) >= 11 is 3.05. The molecule has 0 aliphatic rings. The quantitative estimate of drug-likeness (QED) is 0.511. The molecule has 1 aromatic carbocycles. The van der Waals surface area contributed by atoms with Gasteiger partial charge in [0.05, 0.1) is 0 Å². The van der Waals surface area contributed by atoms with Gasteiger partial charge in [0.2, 0.25) is 5.89 Å². The Kier molecular flexibility index (Phi) is 3.59. The maximum atomic E-state index is 5.75. The van der Waals surface area contributed by atoms with Gasteiger partial charge in [-0.2, -0.15) is 0 Å². The van der Waals surface area contributed by atoms with Crippen molar-refractivity contribution >= 4 is 33.3 Å². The Hall–Kier alpha value is -2.25. The lowest BCUT2D eigenvalue weighted by Crippen LogP contribution is -1.85. The molecule has 0 unspecified atom stereocenters. The monoisotopic (exact) mass is 340 g/mol. The summed E-state index contributed by atoms with van der Waals surface area (Å²) in [6, 6.07) is 9.72. The van der Waals surface area contributed by atoms with E-state index in [1.54, 1.807) is 17.7 Å². The van der Waals surface area contributed by atoms with Crippen LogP contribution in [-0.2, 0) is 0 Å². The van der Waals surface area contributed by atoms with E-state index >= 15 is 0 Å². The van der Waals surface area contributed by atoms with Crippen LogP contribution >= 0.6 is 23.1 Å². The fraction of sp³-hybridized carbons (Fsp3) is 0.125. The van der Waals surface area contributed by atoms with Gasteiger partial charge in [0.25, 0.3) is 5.22 Å². The van der Waals surface area contributed by atoms with Crippen LogP contribution in [0.1, 0.15) is 10.4 Å². The summed E-state index contributed by atoms with van der Waals surface area (Å²) in [7, 11) is 0. The Balaban J connectivity index is 1.71. The molecular weight excluding hydrogens is 328 g/mol. The lowest BCUT2D eigenvalue weighted by atomic mass is 10.2. The van der Waals surface area contributed by atoms with Gasteiger partial charge in [0.15, 0.2) is 0 Å². The van der Waals surface area contributed by atoms with E-state index < -0.39 is 0 Å². The second kappa shape index (κ2) is 5.75. The standard InChI is InChI=1S/C16H12N4OS2/c1-9-10(2)22-14-12(9)15(18-8-17-14)23-16-20-19-13(21-16)11-6-4-3-5-7-11/h3-8H,1-2H3. The molecule has 4 aromatic rings. The summed E-state index contributed by atoms with van der Waals surface area (Å²) in [5, 5.41) is 10.6. The Labute approximate surface area is 140 Å². The zero-order valence-corrected chi connectivity index (χ0v) is 14.1. The molecule has 0 spiro atoms. The highest BCUT2D eigenvalue weighted by molar-refractivity contribution is 7.99. The van der Waals surface area contributed by atoms with Crippen LogP contribution in [0, 0.1) is 13.8 Å². The van der Waals surface area contributed by atoms with E-state index in [1.807, 2.05) is 30.3 Å². The summed E-state index contributed by atoms with van der Waals surface area (Å²) in [6.45, 7) is 4.18. The first-order valence-electron chi connectivity index (χ1n) is 7.00. The predicted molar refractivity (Wildman–Crippen MR) is 90.7 cm³/mol. The molecule has 0 fully saturated rings. The van der Waals surface area contributed by atoms with Crippen molar-refractivity contribution in [2.45, 2.75) is 24.1 Å². The van der Waals surface area contributed by atoms with Crippen LogP contribution in [0.5, 0.6) is 0 Å². The average Bonchev–Trinajstić information content (AvgIpc) is 3.14. The van der Waals surface area contributed by atoms with Crippen LogP contribution in [0.25, 0.3) is 21.7 Å². The van der Waals surface area contributed by atoms with Gasteiger partial charge in [-0.05, 0) is 43.3 Å². The van der Waals surface area contributed by atoms with Crippen LogP contribution in [-0.4, -0.2) is 20.2 Å². The van der Waals surface area contributed by atoms with Gasteiger partial charge >= 0.3 is 0 Å². The number of thiophene rings is 1. The van der Waals surface area contributed by atoms with E-state index in [4.69, 9.17) is 4.42 Å². The number of aromatic nitrogens is 4. The van der Waals surface area contributed by atoms with Crippen molar-refractivity contribution < 1.29 is 4.42 Å². The number of nitrogens with zero attached hydrogens (tertiary/aromatic N) is 4. The first-order chi connectivity index (χ1) is 11.2. The van der Waals surface area contributed by atoms with Crippen molar-refractivity contribution in [3.05, 3.63) is 47.1 Å². The molecule has 3 aromatic heterocycles. The van der Waals surface area contributed by atoms with Crippen LogP contribution in [0.4, 0.5) is 0 Å². The van der Waals surface area contributed by atoms with Crippen molar-refractivity contribution in [3.63, 3.8) is 0 Å². The molecule has 0 N–H and O–H groups in total. The third-order valence-corrected chi connectivity index (χ3v) is 5.50. The van der Waals surface area contributed by atoms with Gasteiger partial charge in [0, 0.05) is 15.8 Å². The first-order valence-corrected chi connectivity index (χ1v) is 8.63. The van der Waals surface area contributed by atoms with Gasteiger partial charge in [-0.3, -0.25) is 0 Å². The summed E-state index contributed by atoms with van der Waals surface area (Å²) in [6.07, 6.45) is 1.58. The van der Waals surface area contributed by atoms with Gasteiger partial charge < -0.3 is 4.42 Å². The van der Waals surface area contributed by atoms with Gasteiger partial charge in [0.1, 0.15) is 16.2 Å². The first kappa shape index (κ1) is 14.3. The molecule has 114 valence electrons. The third kappa shape index (κ3) is 2.62. The summed E-state index contributed by atoms with van der Waals surface area (Å²) in [5.74, 6) is 0.511. The number of benzene rings is 1. The molecule has 0 atom stereocenters. The number of hydrogen-bond acceptors (Lipinski definition) is 7. The Morgan fingerprint density at radius 3 is 2.70 bits per heavy atom. The normalized spacial score (nSPS) is 11.2. The van der Waals surface area contributed by atoms with Gasteiger partial charge in [-0.25, -0.2) is 9.97 Å². The Bertz CT molecular complexity index is 978. The van der Waals surface area contributed by atoms with Gasteiger partial charge in [-0.1, -0.05) is 18.2 Å². The second-order valence-corrected chi connectivity index (χ2v) is 7.13. The second-order valence-electron chi connectivity index (χ2n) is 4.98. The molecule has 7 heteroatoms. The van der Waals surface area contributed by atoms with E-state index in [-0.39, 0.29) is 0 Å². The highest BCUT2D eigenvalue weighted by atomic mass is 32.2. The topological polar surface area (TPSA) is 64.7 Å². The van der Waals surface area contributed by atoms with Crippen molar-refractivity contribution in [3.8, 4) is 11.5 Å². The fourth-order valence-corrected chi connectivity index (χ4v) is 4.14. The number of rotatable bonds is 3. The largest absolute Gasteiger partial charge is 0.411 e. The molecular formula is C16H12N4OS2. The van der Waals surface area contributed by atoms with Crippen molar-refractivity contribution in [1.82, 2.24) is 20.2 Å². The lowest BCUT2D eigenvalue weighted by Gasteiger charge is -1.99.